The highest BCUT2D eigenvalue weighted by molar-refractivity contribution is 6.00. The lowest BCUT2D eigenvalue weighted by molar-refractivity contribution is 0.0271. The van der Waals surface area contributed by atoms with E-state index in [9.17, 15) is 4.79 Å². The van der Waals surface area contributed by atoms with Gasteiger partial charge in [0.25, 0.3) is 5.91 Å². The number of benzene rings is 2. The van der Waals surface area contributed by atoms with Crippen LogP contribution >= 0.6 is 0 Å². The van der Waals surface area contributed by atoms with Gasteiger partial charge in [0.15, 0.2) is 0 Å². The van der Waals surface area contributed by atoms with Crippen molar-refractivity contribution >= 4 is 22.6 Å². The Balaban J connectivity index is 1.17. The van der Waals surface area contributed by atoms with Crippen molar-refractivity contribution in [2.24, 2.45) is 0 Å². The van der Waals surface area contributed by atoms with E-state index in [2.05, 4.69) is 23.0 Å². The summed E-state index contributed by atoms with van der Waals surface area (Å²) in [6.07, 6.45) is 4.83. The third-order valence-electron chi connectivity index (χ3n) is 8.51. The Labute approximate surface area is 215 Å². The van der Waals surface area contributed by atoms with E-state index < -0.39 is 5.82 Å². The van der Waals surface area contributed by atoms with Gasteiger partial charge in [-0.25, -0.2) is 9.37 Å². The van der Waals surface area contributed by atoms with Crippen LogP contribution in [0.2, 0.25) is 0 Å². The number of anilines is 1. The Kier molecular flexibility index (Phi) is 5.20. The zero-order valence-corrected chi connectivity index (χ0v) is 21.1. The number of pyridine rings is 1. The molecule has 1 aromatic heterocycles. The fourth-order valence-corrected chi connectivity index (χ4v) is 6.15. The van der Waals surface area contributed by atoms with E-state index in [-0.39, 0.29) is 23.1 Å². The molecule has 2 N–H and O–H groups in total. The van der Waals surface area contributed by atoms with Gasteiger partial charge in [-0.3, -0.25) is 4.79 Å². The Hall–Kier alpha value is -3.23. The summed E-state index contributed by atoms with van der Waals surface area (Å²) < 4.78 is 27.3. The van der Waals surface area contributed by atoms with Gasteiger partial charge in [-0.15, -0.1) is 0 Å². The summed E-state index contributed by atoms with van der Waals surface area (Å²) in [4.78, 5) is 22.3. The van der Waals surface area contributed by atoms with Gasteiger partial charge in [0, 0.05) is 62.0 Å². The molecule has 8 heteroatoms. The highest BCUT2D eigenvalue weighted by Crippen LogP contribution is 2.42. The SMILES string of the molecule is CN1CCC2(CC1)Cc1cc(CN(C(=O)c3cc4c5c(c(N)nc4cc3F)COC5)C3CC3)ccc1O2. The van der Waals surface area contributed by atoms with Crippen LogP contribution in [0.3, 0.4) is 0 Å². The Morgan fingerprint density at radius 1 is 1.19 bits per heavy atom. The summed E-state index contributed by atoms with van der Waals surface area (Å²) in [6.45, 7) is 3.31. The molecular formula is C29H31FN4O3. The number of fused-ring (bicyclic) bond motifs is 4. The van der Waals surface area contributed by atoms with Gasteiger partial charge in [0.1, 0.15) is 23.0 Å². The summed E-state index contributed by atoms with van der Waals surface area (Å²) in [7, 11) is 2.15. The van der Waals surface area contributed by atoms with Crippen LogP contribution in [0.5, 0.6) is 5.75 Å². The summed E-state index contributed by atoms with van der Waals surface area (Å²) in [6, 6.07) is 9.37. The molecule has 0 atom stereocenters. The number of halogens is 1. The van der Waals surface area contributed by atoms with Crippen LogP contribution in [-0.4, -0.2) is 52.5 Å². The van der Waals surface area contributed by atoms with Gasteiger partial charge in [0.2, 0.25) is 0 Å². The first-order valence-electron chi connectivity index (χ1n) is 13.2. The molecule has 3 aliphatic heterocycles. The number of piperidine rings is 1. The van der Waals surface area contributed by atoms with Gasteiger partial charge >= 0.3 is 0 Å². The standard InChI is InChI=1S/C29H31FN4O3/c1-33-8-6-29(7-9-33)13-18-10-17(2-5-26(18)37-29)14-34(19-3-4-19)28(35)21-11-20-22-15-36-16-23(22)27(31)32-25(20)12-24(21)30/h2,5,10-12,19H,3-4,6-9,13-16H2,1H3,(H2,31,32). The molecule has 2 aromatic carbocycles. The first-order valence-corrected chi connectivity index (χ1v) is 13.2. The Bertz CT molecular complexity index is 1430. The maximum absolute atomic E-state index is 15.3. The maximum atomic E-state index is 15.3. The summed E-state index contributed by atoms with van der Waals surface area (Å²) in [5.74, 6) is 0.470. The minimum atomic E-state index is -0.569. The normalized spacial score (nSPS) is 20.2. The van der Waals surface area contributed by atoms with Crippen molar-refractivity contribution < 1.29 is 18.7 Å². The number of carbonyl (C=O) groups is 1. The second-order valence-electron chi connectivity index (χ2n) is 11.2. The third-order valence-corrected chi connectivity index (χ3v) is 8.51. The van der Waals surface area contributed by atoms with Crippen LogP contribution in [0, 0.1) is 5.82 Å². The predicted molar refractivity (Wildman–Crippen MR) is 138 cm³/mol. The minimum absolute atomic E-state index is 0.0786. The second-order valence-corrected chi connectivity index (χ2v) is 11.2. The van der Waals surface area contributed by atoms with Crippen molar-refractivity contribution in [1.82, 2.24) is 14.8 Å². The van der Waals surface area contributed by atoms with E-state index in [1.54, 1.807) is 6.07 Å². The highest BCUT2D eigenvalue weighted by atomic mass is 19.1. The summed E-state index contributed by atoms with van der Waals surface area (Å²) in [5, 5.41) is 0.736. The Morgan fingerprint density at radius 3 is 2.76 bits per heavy atom. The molecule has 7 rings (SSSR count). The van der Waals surface area contributed by atoms with Gasteiger partial charge in [-0.1, -0.05) is 12.1 Å². The molecule has 1 aliphatic carbocycles. The zero-order chi connectivity index (χ0) is 25.3. The monoisotopic (exact) mass is 502 g/mol. The smallest absolute Gasteiger partial charge is 0.257 e. The molecule has 7 nitrogen and oxygen atoms in total. The van der Waals surface area contributed by atoms with E-state index in [0.717, 1.165) is 73.0 Å². The Morgan fingerprint density at radius 2 is 1.97 bits per heavy atom. The number of ether oxygens (including phenoxy) is 2. The van der Waals surface area contributed by atoms with Crippen LogP contribution in [0.4, 0.5) is 10.2 Å². The van der Waals surface area contributed by atoms with Crippen molar-refractivity contribution in [2.75, 3.05) is 25.9 Å². The van der Waals surface area contributed by atoms with Gasteiger partial charge in [-0.2, -0.15) is 0 Å². The molecule has 3 aromatic rings. The first-order chi connectivity index (χ1) is 17.9. The molecule has 2 fully saturated rings. The summed E-state index contributed by atoms with van der Waals surface area (Å²) >= 11 is 0. The van der Waals surface area contributed by atoms with Crippen LogP contribution in [0.15, 0.2) is 30.3 Å². The van der Waals surface area contributed by atoms with Crippen molar-refractivity contribution in [3.63, 3.8) is 0 Å². The number of carbonyl (C=O) groups excluding carboxylic acids is 1. The molecule has 0 bridgehead atoms. The molecule has 1 saturated heterocycles. The number of hydrogen-bond donors (Lipinski definition) is 1. The van der Waals surface area contributed by atoms with Gasteiger partial charge in [-0.05, 0) is 48.7 Å². The average molecular weight is 503 g/mol. The largest absolute Gasteiger partial charge is 0.487 e. The molecule has 4 aliphatic rings. The second kappa shape index (κ2) is 8.39. The van der Waals surface area contributed by atoms with Crippen LogP contribution < -0.4 is 10.5 Å². The number of hydrogen-bond acceptors (Lipinski definition) is 6. The number of amides is 1. The molecule has 0 unspecified atom stereocenters. The molecule has 0 radical (unpaired) electrons. The fraction of sp³-hybridized carbons (Fsp3) is 0.448. The zero-order valence-electron chi connectivity index (χ0n) is 21.1. The highest BCUT2D eigenvalue weighted by Gasteiger charge is 2.42. The minimum Gasteiger partial charge on any atom is -0.487 e. The average Bonchev–Trinajstić information content (AvgIpc) is 3.48. The number of nitrogen functional groups attached to an aromatic ring is 1. The topological polar surface area (TPSA) is 80.9 Å². The third kappa shape index (κ3) is 3.94. The number of aromatic nitrogens is 1. The lowest BCUT2D eigenvalue weighted by Crippen LogP contribution is -2.45. The van der Waals surface area contributed by atoms with E-state index in [1.807, 2.05) is 17.0 Å². The van der Waals surface area contributed by atoms with E-state index in [4.69, 9.17) is 15.2 Å². The van der Waals surface area contributed by atoms with Gasteiger partial charge < -0.3 is 25.0 Å². The molecule has 1 spiro atoms. The lowest BCUT2D eigenvalue weighted by atomic mass is 9.87. The van der Waals surface area contributed by atoms with Crippen molar-refractivity contribution in [1.29, 1.82) is 0 Å². The lowest BCUT2D eigenvalue weighted by Gasteiger charge is -2.37. The van der Waals surface area contributed by atoms with E-state index >= 15 is 4.39 Å². The number of likely N-dealkylation sites (tertiary alicyclic amines) is 1. The maximum Gasteiger partial charge on any atom is 0.257 e. The number of nitrogens with two attached hydrogens (primary N) is 1. The van der Waals surface area contributed by atoms with E-state index in [1.165, 1.54) is 11.6 Å². The van der Waals surface area contributed by atoms with Crippen molar-refractivity contribution in [3.05, 3.63) is 64.0 Å². The summed E-state index contributed by atoms with van der Waals surface area (Å²) in [5.41, 5.74) is 10.5. The number of nitrogens with zero attached hydrogens (tertiary/aromatic N) is 3. The van der Waals surface area contributed by atoms with Crippen molar-refractivity contribution in [3.8, 4) is 5.75 Å². The molecular weight excluding hydrogens is 471 g/mol. The molecule has 37 heavy (non-hydrogen) atoms. The molecule has 1 amide bonds. The first kappa shape index (κ1) is 22.9. The van der Waals surface area contributed by atoms with Crippen LogP contribution in [0.1, 0.15) is 58.3 Å². The molecule has 4 heterocycles. The van der Waals surface area contributed by atoms with Crippen LogP contribution in [0.25, 0.3) is 10.9 Å². The predicted octanol–water partition coefficient (Wildman–Crippen LogP) is 4.19. The van der Waals surface area contributed by atoms with Crippen LogP contribution in [-0.2, 0) is 30.9 Å². The van der Waals surface area contributed by atoms with Gasteiger partial charge in [0.05, 0.1) is 24.3 Å². The fourth-order valence-electron chi connectivity index (χ4n) is 6.15. The van der Waals surface area contributed by atoms with E-state index in [0.29, 0.717) is 31.1 Å². The molecule has 192 valence electrons. The quantitative estimate of drug-likeness (QED) is 0.576. The van der Waals surface area contributed by atoms with Crippen molar-refractivity contribution in [2.45, 2.75) is 63.5 Å². The molecule has 1 saturated carbocycles. The number of rotatable bonds is 4.